The van der Waals surface area contributed by atoms with Gasteiger partial charge in [0.1, 0.15) is 12.7 Å². The van der Waals surface area contributed by atoms with Crippen molar-refractivity contribution in [1.29, 1.82) is 0 Å². The topological polar surface area (TPSA) is 69.6 Å². The Morgan fingerprint density at radius 3 is 2.93 bits per heavy atom. The van der Waals surface area contributed by atoms with Crippen LogP contribution in [-0.4, -0.2) is 26.3 Å². The zero-order valence-corrected chi connectivity index (χ0v) is 7.67. The maximum atomic E-state index is 5.47. The van der Waals surface area contributed by atoms with Crippen LogP contribution in [0, 0.1) is 0 Å². The van der Waals surface area contributed by atoms with Crippen LogP contribution in [0.3, 0.4) is 0 Å². The second kappa shape index (κ2) is 3.97. The van der Waals surface area contributed by atoms with E-state index in [4.69, 9.17) is 5.73 Å². The van der Waals surface area contributed by atoms with Gasteiger partial charge in [-0.05, 0) is 24.6 Å². The van der Waals surface area contributed by atoms with Crippen LogP contribution in [0.4, 0.5) is 0 Å². The molecule has 2 N–H and O–H groups in total. The van der Waals surface area contributed by atoms with E-state index < -0.39 is 0 Å². The molecule has 0 unspecified atom stereocenters. The first kappa shape index (κ1) is 8.83. The summed E-state index contributed by atoms with van der Waals surface area (Å²) in [6.45, 7) is 0.627. The molecule has 2 aromatic heterocycles. The Bertz CT molecular complexity index is 395. The molecule has 2 rings (SSSR count). The highest BCUT2D eigenvalue weighted by Gasteiger charge is 1.98. The monoisotopic (exact) mass is 189 g/mol. The highest BCUT2D eigenvalue weighted by Crippen LogP contribution is 2.06. The molecule has 0 saturated carbocycles. The van der Waals surface area contributed by atoms with Gasteiger partial charge in [0, 0.05) is 6.20 Å². The van der Waals surface area contributed by atoms with Crippen molar-refractivity contribution in [2.75, 3.05) is 6.54 Å². The fraction of sp³-hybridized carbons (Fsp3) is 0.222. The molecular formula is C9H11N5. The lowest BCUT2D eigenvalue weighted by molar-refractivity contribution is 0.862. The molecule has 0 fully saturated rings. The molecule has 0 aliphatic carbocycles. The van der Waals surface area contributed by atoms with Crippen molar-refractivity contribution in [2.24, 2.45) is 5.73 Å². The predicted molar refractivity (Wildman–Crippen MR) is 51.9 cm³/mol. The normalized spacial score (nSPS) is 10.4. The van der Waals surface area contributed by atoms with Gasteiger partial charge < -0.3 is 5.73 Å². The van der Waals surface area contributed by atoms with E-state index >= 15 is 0 Å². The maximum absolute atomic E-state index is 5.47. The molecule has 0 atom stereocenters. The first-order chi connectivity index (χ1) is 6.90. The van der Waals surface area contributed by atoms with Crippen molar-refractivity contribution in [1.82, 2.24) is 19.7 Å². The van der Waals surface area contributed by atoms with Gasteiger partial charge in [-0.3, -0.25) is 4.98 Å². The molecule has 0 radical (unpaired) electrons. The van der Waals surface area contributed by atoms with E-state index in [1.165, 1.54) is 6.33 Å². The second-order valence-electron chi connectivity index (χ2n) is 2.93. The SMILES string of the molecule is NCCc1cncc(-n2cncn2)c1. The van der Waals surface area contributed by atoms with E-state index in [-0.39, 0.29) is 0 Å². The minimum atomic E-state index is 0.627. The molecule has 0 aromatic carbocycles. The van der Waals surface area contributed by atoms with E-state index in [1.54, 1.807) is 17.2 Å². The Hall–Kier alpha value is -1.75. The third kappa shape index (κ3) is 1.77. The zero-order chi connectivity index (χ0) is 9.80. The maximum Gasteiger partial charge on any atom is 0.138 e. The quantitative estimate of drug-likeness (QED) is 0.746. The Morgan fingerprint density at radius 1 is 1.29 bits per heavy atom. The van der Waals surface area contributed by atoms with E-state index in [2.05, 4.69) is 15.1 Å². The molecule has 2 aromatic rings. The fourth-order valence-electron chi connectivity index (χ4n) is 1.24. The van der Waals surface area contributed by atoms with Gasteiger partial charge in [-0.15, -0.1) is 0 Å². The molecule has 0 saturated heterocycles. The molecule has 0 spiro atoms. The molecule has 72 valence electrons. The van der Waals surface area contributed by atoms with Gasteiger partial charge >= 0.3 is 0 Å². The van der Waals surface area contributed by atoms with Crippen molar-refractivity contribution >= 4 is 0 Å². The van der Waals surface area contributed by atoms with Gasteiger partial charge in [-0.1, -0.05) is 0 Å². The molecule has 14 heavy (non-hydrogen) atoms. The molecule has 2 heterocycles. The van der Waals surface area contributed by atoms with Crippen LogP contribution in [0.1, 0.15) is 5.56 Å². The van der Waals surface area contributed by atoms with Crippen LogP contribution in [0.2, 0.25) is 0 Å². The number of pyridine rings is 1. The first-order valence-electron chi connectivity index (χ1n) is 4.39. The number of hydrogen-bond acceptors (Lipinski definition) is 4. The third-order valence-electron chi connectivity index (χ3n) is 1.90. The van der Waals surface area contributed by atoms with Gasteiger partial charge in [0.15, 0.2) is 0 Å². The molecular weight excluding hydrogens is 178 g/mol. The third-order valence-corrected chi connectivity index (χ3v) is 1.90. The van der Waals surface area contributed by atoms with Crippen LogP contribution in [0.15, 0.2) is 31.1 Å². The number of nitrogens with two attached hydrogens (primary N) is 1. The van der Waals surface area contributed by atoms with Crippen LogP contribution in [-0.2, 0) is 6.42 Å². The van der Waals surface area contributed by atoms with E-state index in [0.717, 1.165) is 17.7 Å². The largest absolute Gasteiger partial charge is 0.330 e. The summed E-state index contributed by atoms with van der Waals surface area (Å²) in [7, 11) is 0. The van der Waals surface area contributed by atoms with Crippen LogP contribution in [0.25, 0.3) is 5.69 Å². The summed E-state index contributed by atoms with van der Waals surface area (Å²) in [4.78, 5) is 7.99. The fourth-order valence-corrected chi connectivity index (χ4v) is 1.24. The summed E-state index contributed by atoms with van der Waals surface area (Å²) >= 11 is 0. The minimum Gasteiger partial charge on any atom is -0.330 e. The van der Waals surface area contributed by atoms with Gasteiger partial charge in [0.2, 0.25) is 0 Å². The lowest BCUT2D eigenvalue weighted by atomic mass is 10.2. The average molecular weight is 189 g/mol. The van der Waals surface area contributed by atoms with Gasteiger partial charge in [0.25, 0.3) is 0 Å². The Morgan fingerprint density at radius 2 is 2.21 bits per heavy atom. The lowest BCUT2D eigenvalue weighted by Crippen LogP contribution is -2.04. The summed E-state index contributed by atoms with van der Waals surface area (Å²) in [5.41, 5.74) is 7.49. The highest BCUT2D eigenvalue weighted by atomic mass is 15.3. The molecule has 0 amide bonds. The number of rotatable bonds is 3. The predicted octanol–water partition coefficient (Wildman–Crippen LogP) is 0.163. The minimum absolute atomic E-state index is 0.627. The van der Waals surface area contributed by atoms with Gasteiger partial charge in [-0.25, -0.2) is 9.67 Å². The van der Waals surface area contributed by atoms with Crippen molar-refractivity contribution in [3.05, 3.63) is 36.7 Å². The molecule has 0 aliphatic rings. The molecule has 5 nitrogen and oxygen atoms in total. The summed E-state index contributed by atoms with van der Waals surface area (Å²) in [6.07, 6.45) is 7.52. The Balaban J connectivity index is 2.31. The van der Waals surface area contributed by atoms with Crippen molar-refractivity contribution in [3.8, 4) is 5.69 Å². The average Bonchev–Trinajstić information content (AvgIpc) is 2.71. The lowest BCUT2D eigenvalue weighted by Gasteiger charge is -2.02. The summed E-state index contributed by atoms with van der Waals surface area (Å²) in [6, 6.07) is 2.01. The van der Waals surface area contributed by atoms with Crippen molar-refractivity contribution < 1.29 is 0 Å². The molecule has 0 aliphatic heterocycles. The standard InChI is InChI=1S/C9H11N5/c10-2-1-8-3-9(5-11-4-8)14-7-12-6-13-14/h3-7H,1-2,10H2. The van der Waals surface area contributed by atoms with Crippen LogP contribution >= 0.6 is 0 Å². The van der Waals surface area contributed by atoms with Crippen LogP contribution in [0.5, 0.6) is 0 Å². The molecule has 0 bridgehead atoms. The van der Waals surface area contributed by atoms with Crippen molar-refractivity contribution in [2.45, 2.75) is 6.42 Å². The summed E-state index contributed by atoms with van der Waals surface area (Å²) in [5.74, 6) is 0. The van der Waals surface area contributed by atoms with Crippen molar-refractivity contribution in [3.63, 3.8) is 0 Å². The van der Waals surface area contributed by atoms with E-state index in [1.807, 2.05) is 12.3 Å². The summed E-state index contributed by atoms with van der Waals surface area (Å²) in [5, 5.41) is 4.02. The smallest absolute Gasteiger partial charge is 0.138 e. The van der Waals surface area contributed by atoms with Crippen LogP contribution < -0.4 is 5.73 Å². The Labute approximate surface area is 81.6 Å². The van der Waals surface area contributed by atoms with Gasteiger partial charge in [0.05, 0.1) is 11.9 Å². The summed E-state index contributed by atoms with van der Waals surface area (Å²) < 4.78 is 1.67. The second-order valence-corrected chi connectivity index (χ2v) is 2.93. The molecule has 5 heteroatoms. The first-order valence-corrected chi connectivity index (χ1v) is 4.39. The number of aromatic nitrogens is 4. The van der Waals surface area contributed by atoms with Gasteiger partial charge in [-0.2, -0.15) is 5.10 Å². The number of hydrogen-bond donors (Lipinski definition) is 1. The van der Waals surface area contributed by atoms with E-state index in [9.17, 15) is 0 Å². The Kier molecular flexibility index (Phi) is 2.51. The highest BCUT2D eigenvalue weighted by molar-refractivity contribution is 5.30. The van der Waals surface area contributed by atoms with E-state index in [0.29, 0.717) is 6.54 Å². The number of nitrogens with zero attached hydrogens (tertiary/aromatic N) is 4. The zero-order valence-electron chi connectivity index (χ0n) is 7.67.